The Balaban J connectivity index is 2.80. The lowest BCUT2D eigenvalue weighted by Gasteiger charge is -2.09. The molecule has 5 heteroatoms. The van der Waals surface area contributed by atoms with Crippen molar-refractivity contribution >= 4 is 0 Å². The molecule has 0 atom stereocenters. The van der Waals surface area contributed by atoms with E-state index in [9.17, 15) is 17.6 Å². The van der Waals surface area contributed by atoms with Crippen LogP contribution in [0.3, 0.4) is 0 Å². The van der Waals surface area contributed by atoms with Gasteiger partial charge in [0.15, 0.2) is 23.3 Å². The molecule has 0 saturated heterocycles. The molecule has 0 saturated carbocycles. The first kappa shape index (κ1) is 11.6. The van der Waals surface area contributed by atoms with Crippen LogP contribution in [0.5, 0.6) is 0 Å². The highest BCUT2D eigenvalue weighted by atomic mass is 19.2. The molecule has 1 nitrogen and oxygen atoms in total. The van der Waals surface area contributed by atoms with E-state index in [1.54, 1.807) is 0 Å². The van der Waals surface area contributed by atoms with Crippen molar-refractivity contribution in [1.29, 1.82) is 0 Å². The van der Waals surface area contributed by atoms with Gasteiger partial charge in [0, 0.05) is 23.5 Å². The average molecular weight is 241 g/mol. The molecule has 17 heavy (non-hydrogen) atoms. The topological polar surface area (TPSA) is 12.9 Å². The fourth-order valence-electron chi connectivity index (χ4n) is 1.51. The molecular weight excluding hydrogens is 234 g/mol. The van der Waals surface area contributed by atoms with Crippen molar-refractivity contribution in [2.45, 2.75) is 6.92 Å². The van der Waals surface area contributed by atoms with E-state index >= 15 is 0 Å². The average Bonchev–Trinajstić information content (AvgIpc) is 2.36. The molecule has 0 aliphatic rings. The second kappa shape index (κ2) is 4.16. The van der Waals surface area contributed by atoms with Crippen molar-refractivity contribution in [3.63, 3.8) is 0 Å². The van der Waals surface area contributed by atoms with Crippen LogP contribution >= 0.6 is 0 Å². The van der Waals surface area contributed by atoms with E-state index < -0.39 is 34.4 Å². The number of hydrogen-bond donors (Lipinski definition) is 0. The lowest BCUT2D eigenvalue weighted by Crippen LogP contribution is -2.03. The second-order valence-electron chi connectivity index (χ2n) is 3.50. The van der Waals surface area contributed by atoms with Crippen LogP contribution in [0, 0.1) is 30.2 Å². The Morgan fingerprint density at radius 1 is 0.941 bits per heavy atom. The summed E-state index contributed by atoms with van der Waals surface area (Å²) in [6.07, 6.45) is 2.52. The predicted octanol–water partition coefficient (Wildman–Crippen LogP) is 3.61. The molecule has 0 N–H and O–H groups in total. The van der Waals surface area contributed by atoms with Crippen LogP contribution in [0.4, 0.5) is 17.6 Å². The molecule has 0 unspecified atom stereocenters. The van der Waals surface area contributed by atoms with E-state index in [0.29, 0.717) is 0 Å². The molecule has 0 radical (unpaired) electrons. The molecule has 1 aromatic heterocycles. The maximum atomic E-state index is 13.6. The van der Waals surface area contributed by atoms with Gasteiger partial charge in [-0.3, -0.25) is 4.98 Å². The summed E-state index contributed by atoms with van der Waals surface area (Å²) in [5.41, 5.74) is -1.42. The van der Waals surface area contributed by atoms with Crippen molar-refractivity contribution in [2.24, 2.45) is 0 Å². The van der Waals surface area contributed by atoms with Crippen LogP contribution in [0.25, 0.3) is 11.1 Å². The third-order valence-electron chi connectivity index (χ3n) is 2.43. The van der Waals surface area contributed by atoms with Gasteiger partial charge >= 0.3 is 0 Å². The molecule has 1 aromatic carbocycles. The number of halogens is 4. The van der Waals surface area contributed by atoms with Crippen LogP contribution in [0.15, 0.2) is 24.5 Å². The van der Waals surface area contributed by atoms with Crippen molar-refractivity contribution in [3.05, 3.63) is 53.4 Å². The fraction of sp³-hybridized carbons (Fsp3) is 0.0833. The number of aromatic nitrogens is 1. The van der Waals surface area contributed by atoms with Gasteiger partial charge in [0.2, 0.25) is 0 Å². The van der Waals surface area contributed by atoms with Gasteiger partial charge in [0.05, 0.1) is 5.56 Å². The quantitative estimate of drug-likeness (QED) is 0.549. The van der Waals surface area contributed by atoms with Crippen molar-refractivity contribution in [2.75, 3.05) is 0 Å². The van der Waals surface area contributed by atoms with E-state index in [4.69, 9.17) is 0 Å². The zero-order valence-corrected chi connectivity index (χ0v) is 8.77. The standard InChI is InChI=1S/C12H7F4N/c1-6-9(13)11(15)8(12(16)10(6)14)7-3-2-4-17-5-7/h2-5H,1H3. The molecule has 2 rings (SSSR count). The second-order valence-corrected chi connectivity index (χ2v) is 3.50. The summed E-state index contributed by atoms with van der Waals surface area (Å²) >= 11 is 0. The minimum atomic E-state index is -1.41. The predicted molar refractivity (Wildman–Crippen MR) is 54.2 cm³/mol. The summed E-state index contributed by atoms with van der Waals surface area (Å²) < 4.78 is 53.8. The van der Waals surface area contributed by atoms with Crippen LogP contribution in [0.2, 0.25) is 0 Å². The van der Waals surface area contributed by atoms with Crippen molar-refractivity contribution < 1.29 is 17.6 Å². The summed E-state index contributed by atoms with van der Waals surface area (Å²) in [5.74, 6) is -5.59. The van der Waals surface area contributed by atoms with Crippen LogP contribution in [-0.4, -0.2) is 4.98 Å². The van der Waals surface area contributed by atoms with Gasteiger partial charge < -0.3 is 0 Å². The Morgan fingerprint density at radius 2 is 1.53 bits per heavy atom. The first-order valence-electron chi connectivity index (χ1n) is 4.77. The third-order valence-corrected chi connectivity index (χ3v) is 2.43. The van der Waals surface area contributed by atoms with Gasteiger partial charge in [-0.15, -0.1) is 0 Å². The summed E-state index contributed by atoms with van der Waals surface area (Å²) in [6, 6.07) is 2.74. The van der Waals surface area contributed by atoms with Gasteiger partial charge in [-0.2, -0.15) is 0 Å². The molecule has 88 valence electrons. The third kappa shape index (κ3) is 1.77. The normalized spacial score (nSPS) is 10.6. The van der Waals surface area contributed by atoms with Gasteiger partial charge in [0.25, 0.3) is 0 Å². The van der Waals surface area contributed by atoms with E-state index in [2.05, 4.69) is 4.98 Å². The maximum Gasteiger partial charge on any atom is 0.170 e. The zero-order chi connectivity index (χ0) is 12.6. The van der Waals surface area contributed by atoms with Gasteiger partial charge in [-0.1, -0.05) is 6.07 Å². The number of benzene rings is 1. The lowest BCUT2D eigenvalue weighted by atomic mass is 10.0. The molecular formula is C12H7F4N. The molecule has 0 bridgehead atoms. The van der Waals surface area contributed by atoms with Crippen LogP contribution in [0.1, 0.15) is 5.56 Å². The van der Waals surface area contributed by atoms with E-state index in [1.807, 2.05) is 0 Å². The molecule has 0 aliphatic heterocycles. The molecule has 0 fully saturated rings. The van der Waals surface area contributed by atoms with Crippen molar-refractivity contribution in [3.8, 4) is 11.1 Å². The van der Waals surface area contributed by atoms with Crippen LogP contribution in [-0.2, 0) is 0 Å². The molecule has 0 amide bonds. The SMILES string of the molecule is Cc1c(F)c(F)c(-c2cccnc2)c(F)c1F. The van der Waals surface area contributed by atoms with Crippen LogP contribution < -0.4 is 0 Å². The highest BCUT2D eigenvalue weighted by Crippen LogP contribution is 2.31. The molecule has 0 spiro atoms. The highest BCUT2D eigenvalue weighted by Gasteiger charge is 2.23. The van der Waals surface area contributed by atoms with Crippen molar-refractivity contribution in [1.82, 2.24) is 4.98 Å². The Morgan fingerprint density at radius 3 is 2.00 bits per heavy atom. The van der Waals surface area contributed by atoms with E-state index in [1.165, 1.54) is 18.3 Å². The fourth-order valence-corrected chi connectivity index (χ4v) is 1.51. The molecule has 2 aromatic rings. The van der Waals surface area contributed by atoms with Gasteiger partial charge in [0.1, 0.15) is 0 Å². The van der Waals surface area contributed by atoms with E-state index in [-0.39, 0.29) is 5.56 Å². The monoisotopic (exact) mass is 241 g/mol. The summed E-state index contributed by atoms with van der Waals surface area (Å²) in [6.45, 7) is 0.976. The summed E-state index contributed by atoms with van der Waals surface area (Å²) in [4.78, 5) is 3.65. The van der Waals surface area contributed by atoms with E-state index in [0.717, 1.165) is 13.1 Å². The number of nitrogens with zero attached hydrogens (tertiary/aromatic N) is 1. The first-order chi connectivity index (χ1) is 8.04. The maximum absolute atomic E-state index is 13.6. The lowest BCUT2D eigenvalue weighted by molar-refractivity contribution is 0.449. The Kier molecular flexibility index (Phi) is 2.83. The minimum Gasteiger partial charge on any atom is -0.264 e. The number of rotatable bonds is 1. The number of hydrogen-bond acceptors (Lipinski definition) is 1. The summed E-state index contributed by atoms with van der Waals surface area (Å²) in [7, 11) is 0. The minimum absolute atomic E-state index is 0.0136. The first-order valence-corrected chi connectivity index (χ1v) is 4.77. The van der Waals surface area contributed by atoms with Gasteiger partial charge in [-0.05, 0) is 13.0 Å². The zero-order valence-electron chi connectivity index (χ0n) is 8.77. The molecule has 1 heterocycles. The highest BCUT2D eigenvalue weighted by molar-refractivity contribution is 5.64. The number of pyridine rings is 1. The Labute approximate surface area is 94.7 Å². The Hall–Kier alpha value is -1.91. The summed E-state index contributed by atoms with van der Waals surface area (Å²) in [5, 5.41) is 0. The smallest absolute Gasteiger partial charge is 0.170 e. The molecule has 0 aliphatic carbocycles. The Bertz CT molecular complexity index is 537. The van der Waals surface area contributed by atoms with Gasteiger partial charge in [-0.25, -0.2) is 17.6 Å². The largest absolute Gasteiger partial charge is 0.264 e.